The second-order valence-corrected chi connectivity index (χ2v) is 7.90. The lowest BCUT2D eigenvalue weighted by Gasteiger charge is -2.20. The van der Waals surface area contributed by atoms with Crippen molar-refractivity contribution in [3.63, 3.8) is 0 Å². The number of hydrogen-bond acceptors (Lipinski definition) is 4. The number of benzene rings is 2. The molecule has 1 N–H and O–H groups in total. The van der Waals surface area contributed by atoms with Crippen LogP contribution in [-0.4, -0.2) is 35.0 Å². The molecule has 3 aromatic rings. The highest BCUT2D eigenvalue weighted by Crippen LogP contribution is 2.17. The zero-order chi connectivity index (χ0) is 21.5. The van der Waals surface area contributed by atoms with Crippen molar-refractivity contribution < 1.29 is 4.79 Å². The van der Waals surface area contributed by atoms with E-state index in [1.165, 1.54) is 0 Å². The largest absolute Gasteiger partial charge is 0.372 e. The van der Waals surface area contributed by atoms with Gasteiger partial charge in [0.1, 0.15) is 0 Å². The van der Waals surface area contributed by atoms with Gasteiger partial charge in [-0.05, 0) is 65.2 Å². The molecular formula is C22H23BrClN5O. The first kappa shape index (κ1) is 22.1. The van der Waals surface area contributed by atoms with Crippen LogP contribution in [0.25, 0.3) is 0 Å². The molecule has 0 atom stereocenters. The zero-order valence-corrected chi connectivity index (χ0v) is 19.2. The minimum absolute atomic E-state index is 0.276. The number of hydrogen-bond donors (Lipinski definition) is 1. The van der Waals surface area contributed by atoms with Gasteiger partial charge < -0.3 is 4.90 Å². The molecule has 2 aromatic carbocycles. The van der Waals surface area contributed by atoms with Crippen molar-refractivity contribution in [2.45, 2.75) is 20.4 Å². The van der Waals surface area contributed by atoms with Crippen LogP contribution >= 0.6 is 27.5 Å². The fraction of sp³-hybridized carbons (Fsp3) is 0.227. The van der Waals surface area contributed by atoms with Crippen molar-refractivity contribution in [3.8, 4) is 0 Å². The Labute approximate surface area is 189 Å². The quantitative estimate of drug-likeness (QED) is 0.360. The van der Waals surface area contributed by atoms with Gasteiger partial charge in [0, 0.05) is 30.0 Å². The maximum atomic E-state index is 12.4. The average Bonchev–Trinajstić information content (AvgIpc) is 3.12. The smallest absolute Gasteiger partial charge is 0.293 e. The Morgan fingerprint density at radius 3 is 2.47 bits per heavy atom. The summed E-state index contributed by atoms with van der Waals surface area (Å²) in [7, 11) is 0. The van der Waals surface area contributed by atoms with Crippen molar-refractivity contribution in [3.05, 3.63) is 81.0 Å². The molecule has 30 heavy (non-hydrogen) atoms. The molecule has 0 aliphatic carbocycles. The molecule has 8 heteroatoms. The minimum atomic E-state index is -0.382. The molecular weight excluding hydrogens is 466 g/mol. The van der Waals surface area contributed by atoms with Crippen LogP contribution in [0.3, 0.4) is 0 Å². The van der Waals surface area contributed by atoms with Gasteiger partial charge in [0.15, 0.2) is 5.69 Å². The topological polar surface area (TPSA) is 62.5 Å². The number of anilines is 1. The lowest BCUT2D eigenvalue weighted by atomic mass is 10.2. The van der Waals surface area contributed by atoms with Gasteiger partial charge in [-0.2, -0.15) is 10.2 Å². The number of hydrazone groups is 1. The van der Waals surface area contributed by atoms with Crippen LogP contribution in [0.4, 0.5) is 5.69 Å². The molecule has 0 saturated heterocycles. The highest BCUT2D eigenvalue weighted by Gasteiger charge is 2.15. The average molecular weight is 489 g/mol. The van der Waals surface area contributed by atoms with Crippen LogP contribution in [0.2, 0.25) is 5.02 Å². The molecule has 0 fully saturated rings. The fourth-order valence-electron chi connectivity index (χ4n) is 2.99. The molecule has 0 bridgehead atoms. The molecule has 0 aliphatic heterocycles. The monoisotopic (exact) mass is 487 g/mol. The van der Waals surface area contributed by atoms with Crippen molar-refractivity contribution in [1.29, 1.82) is 0 Å². The summed E-state index contributed by atoms with van der Waals surface area (Å²) < 4.78 is 2.30. The number of amides is 1. The third-order valence-electron chi connectivity index (χ3n) is 4.59. The Balaban J connectivity index is 1.60. The number of halogens is 2. The van der Waals surface area contributed by atoms with Gasteiger partial charge in [-0.15, -0.1) is 0 Å². The second-order valence-electron chi connectivity index (χ2n) is 6.61. The molecule has 1 heterocycles. The summed E-state index contributed by atoms with van der Waals surface area (Å²) in [6, 6.07) is 15.5. The first-order valence-electron chi connectivity index (χ1n) is 9.66. The van der Waals surface area contributed by atoms with Crippen LogP contribution in [0.1, 0.15) is 35.5 Å². The molecule has 0 aliphatic rings. The van der Waals surface area contributed by atoms with Crippen LogP contribution in [0.5, 0.6) is 0 Å². The maximum Gasteiger partial charge on any atom is 0.293 e. The third kappa shape index (κ3) is 5.70. The van der Waals surface area contributed by atoms with E-state index in [9.17, 15) is 4.79 Å². The van der Waals surface area contributed by atoms with Crippen LogP contribution in [0.15, 0.2) is 64.3 Å². The summed E-state index contributed by atoms with van der Waals surface area (Å²) >= 11 is 9.31. The van der Waals surface area contributed by atoms with Crippen LogP contribution in [0, 0.1) is 0 Å². The molecule has 0 unspecified atom stereocenters. The van der Waals surface area contributed by atoms with E-state index in [0.29, 0.717) is 16.0 Å². The van der Waals surface area contributed by atoms with Gasteiger partial charge in [0.05, 0.1) is 17.2 Å². The van der Waals surface area contributed by atoms with E-state index in [1.54, 1.807) is 17.1 Å². The van der Waals surface area contributed by atoms with Gasteiger partial charge in [0.25, 0.3) is 5.91 Å². The van der Waals surface area contributed by atoms with E-state index in [2.05, 4.69) is 50.3 Å². The number of carbonyl (C=O) groups is 1. The highest BCUT2D eigenvalue weighted by molar-refractivity contribution is 9.10. The Morgan fingerprint density at radius 2 is 1.83 bits per heavy atom. The fourth-order valence-corrected chi connectivity index (χ4v) is 3.61. The number of rotatable bonds is 8. The van der Waals surface area contributed by atoms with Gasteiger partial charge in [-0.25, -0.2) is 5.43 Å². The van der Waals surface area contributed by atoms with Crippen molar-refractivity contribution in [1.82, 2.24) is 15.2 Å². The van der Waals surface area contributed by atoms with E-state index >= 15 is 0 Å². The van der Waals surface area contributed by atoms with Crippen LogP contribution < -0.4 is 10.3 Å². The normalized spacial score (nSPS) is 11.1. The van der Waals surface area contributed by atoms with Crippen molar-refractivity contribution >= 4 is 45.3 Å². The number of nitrogens with zero attached hydrogens (tertiary/aromatic N) is 4. The summed E-state index contributed by atoms with van der Waals surface area (Å²) in [5.74, 6) is -0.382. The molecule has 1 aromatic heterocycles. The Morgan fingerprint density at radius 1 is 1.17 bits per heavy atom. The first-order chi connectivity index (χ1) is 14.5. The zero-order valence-electron chi connectivity index (χ0n) is 16.8. The van der Waals surface area contributed by atoms with E-state index in [0.717, 1.165) is 29.9 Å². The Hall–Kier alpha value is -2.64. The Bertz CT molecular complexity index is 1010. The summed E-state index contributed by atoms with van der Waals surface area (Å²) in [5.41, 5.74) is 5.90. The summed E-state index contributed by atoms with van der Waals surface area (Å²) in [6.07, 6.45) is 3.38. The minimum Gasteiger partial charge on any atom is -0.372 e. The SMILES string of the molecule is CCN(CC)c1ccc(/C=N/NC(=O)c2nn(Cc3ccc(Cl)cc3)cc2Br)cc1. The Kier molecular flexibility index (Phi) is 7.65. The van der Waals surface area contributed by atoms with Gasteiger partial charge >= 0.3 is 0 Å². The molecule has 156 valence electrons. The van der Waals surface area contributed by atoms with E-state index in [-0.39, 0.29) is 11.6 Å². The number of nitrogens with one attached hydrogen (secondary N) is 1. The molecule has 3 rings (SSSR count). The molecule has 6 nitrogen and oxygen atoms in total. The summed E-state index contributed by atoms with van der Waals surface area (Å²) in [5, 5.41) is 9.08. The standard InChI is InChI=1S/C22H23BrClN5O/c1-3-28(4-2)19-11-7-16(8-12-19)13-25-26-22(30)21-20(23)15-29(27-21)14-17-5-9-18(24)10-6-17/h5-13,15H,3-4,14H2,1-2H3,(H,26,30)/b25-13+. The van der Waals surface area contributed by atoms with Crippen LogP contribution in [-0.2, 0) is 6.54 Å². The van der Waals surface area contributed by atoms with E-state index in [4.69, 9.17) is 11.6 Å². The predicted molar refractivity (Wildman–Crippen MR) is 126 cm³/mol. The van der Waals surface area contributed by atoms with E-state index in [1.807, 2.05) is 48.5 Å². The molecule has 1 amide bonds. The summed E-state index contributed by atoms with van der Waals surface area (Å²) in [6.45, 7) is 6.71. The van der Waals surface area contributed by atoms with Crippen molar-refractivity contribution in [2.75, 3.05) is 18.0 Å². The highest BCUT2D eigenvalue weighted by atomic mass is 79.9. The second kappa shape index (κ2) is 10.4. The van der Waals surface area contributed by atoms with E-state index < -0.39 is 0 Å². The lowest BCUT2D eigenvalue weighted by Crippen LogP contribution is -2.21. The first-order valence-corrected chi connectivity index (χ1v) is 10.8. The van der Waals surface area contributed by atoms with Gasteiger partial charge in [0.2, 0.25) is 0 Å². The number of aromatic nitrogens is 2. The molecule has 0 saturated carbocycles. The van der Waals surface area contributed by atoms with Gasteiger partial charge in [-0.3, -0.25) is 9.48 Å². The van der Waals surface area contributed by atoms with Gasteiger partial charge in [-0.1, -0.05) is 35.9 Å². The lowest BCUT2D eigenvalue weighted by molar-refractivity contribution is 0.0948. The van der Waals surface area contributed by atoms with Crippen molar-refractivity contribution in [2.24, 2.45) is 5.10 Å². The predicted octanol–water partition coefficient (Wildman–Crippen LogP) is 4.96. The maximum absolute atomic E-state index is 12.4. The molecule has 0 radical (unpaired) electrons. The third-order valence-corrected chi connectivity index (χ3v) is 5.42. The number of carbonyl (C=O) groups excluding carboxylic acids is 1. The summed E-state index contributed by atoms with van der Waals surface area (Å²) in [4.78, 5) is 14.7. The molecule has 0 spiro atoms.